The Bertz CT molecular complexity index is 591. The van der Waals surface area contributed by atoms with E-state index < -0.39 is 0 Å². The number of hydrogen-bond acceptors (Lipinski definition) is 0. The zero-order valence-corrected chi connectivity index (χ0v) is 9.77. The first-order chi connectivity index (χ1) is 7.81. The van der Waals surface area contributed by atoms with Crippen molar-refractivity contribution in [3.63, 3.8) is 0 Å². The van der Waals surface area contributed by atoms with Crippen LogP contribution in [0.3, 0.4) is 0 Å². The highest BCUT2D eigenvalue weighted by atomic mass is 14.0. The fourth-order valence-electron chi connectivity index (χ4n) is 1.82. The van der Waals surface area contributed by atoms with Crippen LogP contribution < -0.4 is 10.4 Å². The first kappa shape index (κ1) is 10.7. The molecule has 0 bridgehead atoms. The minimum absolute atomic E-state index is 1.28. The van der Waals surface area contributed by atoms with E-state index in [9.17, 15) is 0 Å². The summed E-state index contributed by atoms with van der Waals surface area (Å²) in [6.45, 7) is 4.22. The zero-order chi connectivity index (χ0) is 11.4. The Labute approximate surface area is 96.6 Å². The minimum Gasteiger partial charge on any atom is -0.0798 e. The quantitative estimate of drug-likeness (QED) is 0.676. The van der Waals surface area contributed by atoms with Crippen molar-refractivity contribution in [2.45, 2.75) is 13.8 Å². The fourth-order valence-corrected chi connectivity index (χ4v) is 1.82. The van der Waals surface area contributed by atoms with E-state index in [4.69, 9.17) is 0 Å². The molecule has 0 heterocycles. The summed E-state index contributed by atoms with van der Waals surface area (Å²) in [5.74, 6) is 0. The van der Waals surface area contributed by atoms with Crippen molar-refractivity contribution in [2.75, 3.05) is 0 Å². The molecule has 0 atom stereocenters. The summed E-state index contributed by atoms with van der Waals surface area (Å²) < 4.78 is 0. The van der Waals surface area contributed by atoms with Gasteiger partial charge in [-0.3, -0.25) is 0 Å². The molecule has 2 aromatic carbocycles. The lowest BCUT2D eigenvalue weighted by atomic mass is 10.1. The molecular weight excluding hydrogens is 192 g/mol. The van der Waals surface area contributed by atoms with Crippen molar-refractivity contribution in [1.82, 2.24) is 0 Å². The van der Waals surface area contributed by atoms with E-state index >= 15 is 0 Å². The van der Waals surface area contributed by atoms with E-state index in [1.165, 1.54) is 21.6 Å². The van der Waals surface area contributed by atoms with Crippen LogP contribution in [0.25, 0.3) is 12.2 Å². The van der Waals surface area contributed by atoms with Gasteiger partial charge in [0.05, 0.1) is 0 Å². The number of hydrogen-bond donors (Lipinski definition) is 0. The molecule has 0 aromatic heterocycles. The molecule has 0 aliphatic carbocycles. The molecule has 0 heteroatoms. The predicted molar refractivity (Wildman–Crippen MR) is 70.6 cm³/mol. The van der Waals surface area contributed by atoms with Crippen LogP contribution in [0.4, 0.5) is 0 Å². The molecule has 0 fully saturated rings. The lowest BCUT2D eigenvalue weighted by molar-refractivity contribution is 1.42. The molecule has 0 unspecified atom stereocenters. The van der Waals surface area contributed by atoms with E-state index in [-0.39, 0.29) is 0 Å². The molecule has 0 nitrogen and oxygen atoms in total. The molecule has 0 spiro atoms. The highest BCUT2D eigenvalue weighted by molar-refractivity contribution is 5.53. The zero-order valence-electron chi connectivity index (χ0n) is 9.77. The van der Waals surface area contributed by atoms with Crippen LogP contribution in [-0.2, 0) is 0 Å². The van der Waals surface area contributed by atoms with E-state index in [0.29, 0.717) is 0 Å². The third-order valence-corrected chi connectivity index (χ3v) is 2.81. The number of rotatable bonds is 1. The summed E-state index contributed by atoms with van der Waals surface area (Å²) in [5, 5.41) is 2.56. The van der Waals surface area contributed by atoms with Crippen molar-refractivity contribution >= 4 is 12.2 Å². The van der Waals surface area contributed by atoms with Crippen LogP contribution in [-0.4, -0.2) is 0 Å². The molecule has 16 heavy (non-hydrogen) atoms. The van der Waals surface area contributed by atoms with Gasteiger partial charge in [-0.1, -0.05) is 54.6 Å². The van der Waals surface area contributed by atoms with E-state index in [2.05, 4.69) is 74.5 Å². The van der Waals surface area contributed by atoms with Gasteiger partial charge in [0.25, 0.3) is 0 Å². The van der Waals surface area contributed by atoms with E-state index in [1.807, 2.05) is 0 Å². The second-order valence-corrected chi connectivity index (χ2v) is 3.92. The first-order valence-corrected chi connectivity index (χ1v) is 5.60. The molecule has 2 rings (SSSR count). The van der Waals surface area contributed by atoms with Gasteiger partial charge in [-0.25, -0.2) is 0 Å². The Morgan fingerprint density at radius 1 is 0.812 bits per heavy atom. The predicted octanol–water partition coefficient (Wildman–Crippen LogP) is 2.62. The molecule has 0 N–H and O–H groups in total. The monoisotopic (exact) mass is 208 g/mol. The van der Waals surface area contributed by atoms with Crippen molar-refractivity contribution < 1.29 is 0 Å². The van der Waals surface area contributed by atoms with Crippen LogP contribution in [0.15, 0.2) is 48.5 Å². The second kappa shape index (κ2) is 4.80. The van der Waals surface area contributed by atoms with Gasteiger partial charge in [0.1, 0.15) is 0 Å². The molecule has 0 radical (unpaired) electrons. The average molecular weight is 208 g/mol. The van der Waals surface area contributed by atoms with Gasteiger partial charge < -0.3 is 0 Å². The average Bonchev–Trinajstić information content (AvgIpc) is 2.33. The fraction of sp³-hybridized carbons (Fsp3) is 0.125. The summed E-state index contributed by atoms with van der Waals surface area (Å²) in [5.41, 5.74) is 2.60. The summed E-state index contributed by atoms with van der Waals surface area (Å²) >= 11 is 0. The SMILES string of the molecule is CC=c1cccc/c1=C/c1ccccc1C. The molecule has 80 valence electrons. The number of benzene rings is 2. The lowest BCUT2D eigenvalue weighted by Crippen LogP contribution is -2.23. The second-order valence-electron chi connectivity index (χ2n) is 3.92. The van der Waals surface area contributed by atoms with Crippen molar-refractivity contribution in [2.24, 2.45) is 0 Å². The van der Waals surface area contributed by atoms with Gasteiger partial charge in [0.2, 0.25) is 0 Å². The van der Waals surface area contributed by atoms with Crippen molar-refractivity contribution in [1.29, 1.82) is 0 Å². The van der Waals surface area contributed by atoms with Crippen LogP contribution in [0.2, 0.25) is 0 Å². The normalized spacial score (nSPS) is 13.1. The standard InChI is InChI=1S/C16H16/c1-3-14-9-6-7-11-16(14)12-15-10-5-4-8-13(15)2/h3-12H,1-2H3/b14-3?,16-12-. The highest BCUT2D eigenvalue weighted by Crippen LogP contribution is 2.06. The summed E-state index contributed by atoms with van der Waals surface area (Å²) in [6, 6.07) is 16.9. The molecule has 0 aliphatic rings. The van der Waals surface area contributed by atoms with Gasteiger partial charge in [0.15, 0.2) is 0 Å². The topological polar surface area (TPSA) is 0 Å². The minimum atomic E-state index is 1.28. The molecule has 0 saturated carbocycles. The van der Waals surface area contributed by atoms with Gasteiger partial charge in [0, 0.05) is 0 Å². The van der Waals surface area contributed by atoms with Crippen LogP contribution in [0.1, 0.15) is 18.1 Å². The van der Waals surface area contributed by atoms with Gasteiger partial charge in [-0.15, -0.1) is 0 Å². The molecular formula is C16H16. The van der Waals surface area contributed by atoms with Crippen LogP contribution in [0.5, 0.6) is 0 Å². The summed E-state index contributed by atoms with van der Waals surface area (Å²) in [4.78, 5) is 0. The largest absolute Gasteiger partial charge is 0.0798 e. The number of aryl methyl sites for hydroxylation is 1. The smallest absolute Gasteiger partial charge is 0.0181 e. The summed E-state index contributed by atoms with van der Waals surface area (Å²) in [6.07, 6.45) is 4.38. The van der Waals surface area contributed by atoms with Crippen LogP contribution >= 0.6 is 0 Å². The molecule has 2 aromatic rings. The maximum atomic E-state index is 2.24. The van der Waals surface area contributed by atoms with Gasteiger partial charge in [-0.2, -0.15) is 0 Å². The molecule has 0 amide bonds. The Kier molecular flexibility index (Phi) is 3.21. The Hall–Kier alpha value is -1.82. The highest BCUT2D eigenvalue weighted by Gasteiger charge is 1.91. The maximum absolute atomic E-state index is 2.24. The Morgan fingerprint density at radius 2 is 1.44 bits per heavy atom. The van der Waals surface area contributed by atoms with Crippen molar-refractivity contribution in [3.05, 3.63) is 70.1 Å². The Balaban J connectivity index is 2.65. The van der Waals surface area contributed by atoms with Gasteiger partial charge in [-0.05, 0) is 41.5 Å². The molecule has 0 aliphatic heterocycles. The molecule has 0 saturated heterocycles. The third kappa shape index (κ3) is 2.22. The van der Waals surface area contributed by atoms with Gasteiger partial charge >= 0.3 is 0 Å². The lowest BCUT2D eigenvalue weighted by Gasteiger charge is -1.98. The first-order valence-electron chi connectivity index (χ1n) is 5.60. The van der Waals surface area contributed by atoms with E-state index in [0.717, 1.165) is 0 Å². The van der Waals surface area contributed by atoms with Crippen molar-refractivity contribution in [3.8, 4) is 0 Å². The third-order valence-electron chi connectivity index (χ3n) is 2.81. The van der Waals surface area contributed by atoms with E-state index in [1.54, 1.807) is 0 Å². The Morgan fingerprint density at radius 3 is 2.12 bits per heavy atom. The van der Waals surface area contributed by atoms with Crippen LogP contribution in [0, 0.1) is 6.92 Å². The maximum Gasteiger partial charge on any atom is -0.0181 e. The summed E-state index contributed by atoms with van der Waals surface area (Å²) in [7, 11) is 0.